The second-order valence-electron chi connectivity index (χ2n) is 2.85. The number of benzene rings is 1. The number of alkyl halides is 1. The lowest BCUT2D eigenvalue weighted by Gasteiger charge is -1.92. The summed E-state index contributed by atoms with van der Waals surface area (Å²) in [7, 11) is 0. The van der Waals surface area contributed by atoms with Gasteiger partial charge in [-0.2, -0.15) is 0 Å². The molecule has 2 rings (SSSR count). The minimum Gasteiger partial charge on any atom is -0.478 e. The maximum atomic E-state index is 10.7. The molecule has 0 amide bonds. The van der Waals surface area contributed by atoms with Crippen molar-refractivity contribution in [2.45, 2.75) is 5.88 Å². The van der Waals surface area contributed by atoms with Crippen LogP contribution in [0.1, 0.15) is 16.2 Å². The van der Waals surface area contributed by atoms with Gasteiger partial charge in [-0.05, 0) is 18.2 Å². The molecule has 1 aromatic heterocycles. The van der Waals surface area contributed by atoms with Gasteiger partial charge in [-0.15, -0.1) is 24.0 Å². The highest BCUT2D eigenvalue weighted by Crippen LogP contribution is 2.14. The Hall–Kier alpha value is -1.26. The third-order valence-corrected chi connectivity index (χ3v) is 2.16. The van der Waals surface area contributed by atoms with Gasteiger partial charge in [0.25, 0.3) is 0 Å². The van der Waals surface area contributed by atoms with Gasteiger partial charge in [0, 0.05) is 0 Å². The Bertz CT molecular complexity index is 496. The monoisotopic (exact) mass is 246 g/mol. The van der Waals surface area contributed by atoms with Crippen LogP contribution in [0.4, 0.5) is 0 Å². The van der Waals surface area contributed by atoms with Gasteiger partial charge in [-0.3, -0.25) is 0 Å². The molecule has 0 aliphatic carbocycles. The molecular formula is C9H8Cl2N2O2. The second-order valence-corrected chi connectivity index (χ2v) is 3.12. The zero-order chi connectivity index (χ0) is 10.1. The summed E-state index contributed by atoms with van der Waals surface area (Å²) in [6.45, 7) is 0. The molecule has 80 valence electrons. The first-order valence-electron chi connectivity index (χ1n) is 3.98. The highest BCUT2D eigenvalue weighted by atomic mass is 35.5. The fraction of sp³-hybridized carbons (Fsp3) is 0.111. The average molecular weight is 247 g/mol. The van der Waals surface area contributed by atoms with E-state index in [4.69, 9.17) is 16.7 Å². The lowest BCUT2D eigenvalue weighted by Crippen LogP contribution is -1.94. The molecular weight excluding hydrogens is 239 g/mol. The van der Waals surface area contributed by atoms with Crippen molar-refractivity contribution in [1.82, 2.24) is 9.97 Å². The van der Waals surface area contributed by atoms with E-state index in [2.05, 4.69) is 9.97 Å². The van der Waals surface area contributed by atoms with E-state index in [9.17, 15) is 4.79 Å². The first-order chi connectivity index (χ1) is 6.70. The molecule has 1 heterocycles. The molecule has 0 spiro atoms. The van der Waals surface area contributed by atoms with Gasteiger partial charge in [-0.25, -0.2) is 9.78 Å². The number of carboxylic acid groups (broad SMARTS) is 1. The van der Waals surface area contributed by atoms with Gasteiger partial charge in [0.2, 0.25) is 0 Å². The summed E-state index contributed by atoms with van der Waals surface area (Å²) in [5.41, 5.74) is 1.65. The minimum absolute atomic E-state index is 0. The highest BCUT2D eigenvalue weighted by Gasteiger charge is 2.06. The lowest BCUT2D eigenvalue weighted by molar-refractivity contribution is 0.0697. The van der Waals surface area contributed by atoms with E-state index in [1.807, 2.05) is 0 Å². The Labute approximate surface area is 96.7 Å². The number of aromatic carboxylic acids is 1. The predicted octanol–water partition coefficient (Wildman–Crippen LogP) is 2.42. The molecule has 2 N–H and O–H groups in total. The molecule has 0 bridgehead atoms. The quantitative estimate of drug-likeness (QED) is 0.801. The SMILES string of the molecule is Cl.O=C(O)c1ccc2[nH]c(CCl)nc2c1. The summed E-state index contributed by atoms with van der Waals surface area (Å²) in [5, 5.41) is 8.74. The number of hydrogen-bond donors (Lipinski definition) is 2. The summed E-state index contributed by atoms with van der Waals surface area (Å²) in [6.07, 6.45) is 0. The standard InChI is InChI=1S/C9H7ClN2O2.ClH/c10-4-8-11-6-2-1-5(9(13)14)3-7(6)12-8;/h1-3H,4H2,(H,11,12)(H,13,14);1H. The van der Waals surface area contributed by atoms with Crippen molar-refractivity contribution in [3.8, 4) is 0 Å². The first-order valence-corrected chi connectivity index (χ1v) is 4.52. The maximum Gasteiger partial charge on any atom is 0.335 e. The summed E-state index contributed by atoms with van der Waals surface area (Å²) in [6, 6.07) is 4.73. The van der Waals surface area contributed by atoms with Crippen LogP contribution >= 0.6 is 24.0 Å². The fourth-order valence-electron chi connectivity index (χ4n) is 1.25. The number of nitrogens with one attached hydrogen (secondary N) is 1. The van der Waals surface area contributed by atoms with Crippen molar-refractivity contribution >= 4 is 41.0 Å². The number of carbonyl (C=O) groups is 1. The molecule has 2 aromatic rings. The van der Waals surface area contributed by atoms with Gasteiger partial charge in [0.1, 0.15) is 5.82 Å². The van der Waals surface area contributed by atoms with E-state index < -0.39 is 5.97 Å². The summed E-state index contributed by atoms with van der Waals surface area (Å²) in [5.74, 6) is -0.0246. The number of nitrogens with zero attached hydrogens (tertiary/aromatic N) is 1. The number of H-pyrrole nitrogens is 1. The fourth-order valence-corrected chi connectivity index (χ4v) is 1.38. The van der Waals surface area contributed by atoms with Crippen LogP contribution in [0.25, 0.3) is 11.0 Å². The average Bonchev–Trinajstić information content (AvgIpc) is 2.58. The third-order valence-electron chi connectivity index (χ3n) is 1.91. The minimum atomic E-state index is -0.956. The van der Waals surface area contributed by atoms with E-state index >= 15 is 0 Å². The van der Waals surface area contributed by atoms with Gasteiger partial charge in [-0.1, -0.05) is 0 Å². The zero-order valence-electron chi connectivity index (χ0n) is 7.53. The van der Waals surface area contributed by atoms with Crippen molar-refractivity contribution in [2.24, 2.45) is 0 Å². The number of aromatic amines is 1. The molecule has 0 saturated carbocycles. The maximum absolute atomic E-state index is 10.7. The van der Waals surface area contributed by atoms with Crippen molar-refractivity contribution < 1.29 is 9.90 Å². The third kappa shape index (κ3) is 2.22. The molecule has 0 radical (unpaired) electrons. The van der Waals surface area contributed by atoms with E-state index in [0.29, 0.717) is 11.3 Å². The Kier molecular flexibility index (Phi) is 3.55. The van der Waals surface area contributed by atoms with E-state index in [-0.39, 0.29) is 23.9 Å². The second kappa shape index (κ2) is 4.51. The van der Waals surface area contributed by atoms with Crippen LogP contribution in [0.2, 0.25) is 0 Å². The summed E-state index contributed by atoms with van der Waals surface area (Å²) >= 11 is 5.59. The Balaban J connectivity index is 0.00000112. The summed E-state index contributed by atoms with van der Waals surface area (Å²) in [4.78, 5) is 17.8. The predicted molar refractivity (Wildman–Crippen MR) is 59.9 cm³/mol. The number of hydrogen-bond acceptors (Lipinski definition) is 2. The number of fused-ring (bicyclic) bond motifs is 1. The topological polar surface area (TPSA) is 66.0 Å². The lowest BCUT2D eigenvalue weighted by atomic mass is 10.2. The van der Waals surface area contributed by atoms with Crippen LogP contribution in [0, 0.1) is 0 Å². The summed E-state index contributed by atoms with van der Waals surface area (Å²) < 4.78 is 0. The molecule has 4 nitrogen and oxygen atoms in total. The van der Waals surface area contributed by atoms with Crippen molar-refractivity contribution in [2.75, 3.05) is 0 Å². The number of carboxylic acids is 1. The Morgan fingerprint density at radius 3 is 2.87 bits per heavy atom. The molecule has 1 aromatic carbocycles. The van der Waals surface area contributed by atoms with E-state index in [1.54, 1.807) is 6.07 Å². The normalized spacial score (nSPS) is 9.93. The van der Waals surface area contributed by atoms with Gasteiger partial charge in [0.15, 0.2) is 0 Å². The van der Waals surface area contributed by atoms with Crippen LogP contribution in [-0.4, -0.2) is 21.0 Å². The van der Waals surface area contributed by atoms with Crippen molar-refractivity contribution in [1.29, 1.82) is 0 Å². The highest BCUT2D eigenvalue weighted by molar-refractivity contribution is 6.16. The number of halogens is 2. The van der Waals surface area contributed by atoms with Gasteiger partial charge in [0.05, 0.1) is 22.5 Å². The Morgan fingerprint density at radius 1 is 1.53 bits per heavy atom. The van der Waals surface area contributed by atoms with E-state index in [1.165, 1.54) is 12.1 Å². The molecule has 0 saturated heterocycles. The number of aromatic nitrogens is 2. The van der Waals surface area contributed by atoms with Crippen LogP contribution in [0.15, 0.2) is 18.2 Å². The number of imidazole rings is 1. The van der Waals surface area contributed by atoms with Gasteiger partial charge < -0.3 is 10.1 Å². The van der Waals surface area contributed by atoms with Crippen LogP contribution < -0.4 is 0 Å². The van der Waals surface area contributed by atoms with Crippen LogP contribution in [0.5, 0.6) is 0 Å². The largest absolute Gasteiger partial charge is 0.478 e. The molecule has 0 unspecified atom stereocenters. The zero-order valence-corrected chi connectivity index (χ0v) is 9.10. The van der Waals surface area contributed by atoms with Crippen molar-refractivity contribution in [3.63, 3.8) is 0 Å². The molecule has 6 heteroatoms. The van der Waals surface area contributed by atoms with Crippen molar-refractivity contribution in [3.05, 3.63) is 29.6 Å². The number of rotatable bonds is 2. The smallest absolute Gasteiger partial charge is 0.335 e. The molecule has 0 atom stereocenters. The molecule has 15 heavy (non-hydrogen) atoms. The van der Waals surface area contributed by atoms with Gasteiger partial charge >= 0.3 is 5.97 Å². The van der Waals surface area contributed by atoms with Crippen LogP contribution in [0.3, 0.4) is 0 Å². The van der Waals surface area contributed by atoms with Crippen LogP contribution in [-0.2, 0) is 5.88 Å². The van der Waals surface area contributed by atoms with E-state index in [0.717, 1.165) is 5.52 Å². The molecule has 0 aliphatic rings. The Morgan fingerprint density at radius 2 is 2.27 bits per heavy atom. The molecule has 0 fully saturated rings. The molecule has 0 aliphatic heterocycles. The first kappa shape index (κ1) is 11.8.